The molecule has 1 amide bonds. The molecule has 2 bridgehead atoms. The van der Waals surface area contributed by atoms with Gasteiger partial charge in [0.05, 0.1) is 30.6 Å². The van der Waals surface area contributed by atoms with E-state index < -0.39 is 6.10 Å². The molecule has 36 heavy (non-hydrogen) atoms. The van der Waals surface area contributed by atoms with Crippen molar-refractivity contribution in [2.45, 2.75) is 56.5 Å². The number of piperidine rings is 1. The molecule has 3 atom stereocenters. The summed E-state index contributed by atoms with van der Waals surface area (Å²) < 4.78 is 10.8. The maximum Gasteiger partial charge on any atom is 0.263 e. The van der Waals surface area contributed by atoms with Gasteiger partial charge in [-0.1, -0.05) is 12.1 Å². The molecule has 0 spiro atoms. The number of nitrogens with zero attached hydrogens (tertiary/aromatic N) is 3. The zero-order valence-electron chi connectivity index (χ0n) is 20.3. The van der Waals surface area contributed by atoms with Gasteiger partial charge in [-0.15, -0.1) is 0 Å². The van der Waals surface area contributed by atoms with E-state index in [1.807, 2.05) is 36.4 Å². The Morgan fingerprint density at radius 1 is 1.25 bits per heavy atom. The lowest BCUT2D eigenvalue weighted by Crippen LogP contribution is -2.50. The van der Waals surface area contributed by atoms with Crippen molar-refractivity contribution < 1.29 is 19.4 Å². The number of aliphatic hydroxyl groups excluding tert-OH is 1. The average Bonchev–Trinajstić information content (AvgIpc) is 3.12. The Balaban J connectivity index is 1.09. The summed E-state index contributed by atoms with van der Waals surface area (Å²) in [6.07, 6.45) is 5.51. The number of methoxy groups -OCH3 is 1. The molecular weight excluding hydrogens is 458 g/mol. The minimum Gasteiger partial charge on any atom is -0.495 e. The van der Waals surface area contributed by atoms with E-state index in [1.165, 1.54) is 0 Å². The molecule has 9 heteroatoms. The minimum absolute atomic E-state index is 0.0356. The number of carbonyl (C=O) groups excluding carboxylic acids is 1. The second-order valence-electron chi connectivity index (χ2n) is 9.92. The van der Waals surface area contributed by atoms with Crippen molar-refractivity contribution in [1.82, 2.24) is 20.2 Å². The van der Waals surface area contributed by atoms with Crippen LogP contribution in [0.2, 0.25) is 0 Å². The van der Waals surface area contributed by atoms with Gasteiger partial charge in [0.1, 0.15) is 5.75 Å². The van der Waals surface area contributed by atoms with Crippen LogP contribution in [0, 0.1) is 0 Å². The van der Waals surface area contributed by atoms with E-state index in [2.05, 4.69) is 25.5 Å². The number of fused-ring (bicyclic) bond motifs is 4. The van der Waals surface area contributed by atoms with Gasteiger partial charge >= 0.3 is 0 Å². The van der Waals surface area contributed by atoms with Crippen molar-refractivity contribution in [3.8, 4) is 11.5 Å². The fourth-order valence-corrected chi connectivity index (χ4v) is 5.94. The topological polar surface area (TPSA) is 109 Å². The molecule has 2 aromatic heterocycles. The summed E-state index contributed by atoms with van der Waals surface area (Å²) in [5.41, 5.74) is 2.64. The molecule has 3 N–H and O–H groups in total. The first-order chi connectivity index (χ1) is 17.6. The van der Waals surface area contributed by atoms with E-state index in [0.717, 1.165) is 47.8 Å². The summed E-state index contributed by atoms with van der Waals surface area (Å²) >= 11 is 0. The van der Waals surface area contributed by atoms with Crippen LogP contribution >= 0.6 is 0 Å². The van der Waals surface area contributed by atoms with Crippen LogP contribution in [0.25, 0.3) is 10.9 Å². The molecule has 2 fully saturated rings. The van der Waals surface area contributed by atoms with Crippen LogP contribution in [0.4, 0.5) is 5.82 Å². The van der Waals surface area contributed by atoms with Crippen molar-refractivity contribution in [2.75, 3.05) is 25.6 Å². The Bertz CT molecular complexity index is 1270. The quantitative estimate of drug-likeness (QED) is 0.465. The van der Waals surface area contributed by atoms with Crippen molar-refractivity contribution in [3.63, 3.8) is 0 Å². The maximum atomic E-state index is 11.6. The highest BCUT2D eigenvalue weighted by molar-refractivity contribution is 5.94. The lowest BCUT2D eigenvalue weighted by atomic mass is 9.95. The summed E-state index contributed by atoms with van der Waals surface area (Å²) in [5, 5.41) is 18.6. The van der Waals surface area contributed by atoms with Crippen LogP contribution in [0.5, 0.6) is 11.5 Å². The van der Waals surface area contributed by atoms with Gasteiger partial charge in [-0.25, -0.2) is 4.98 Å². The zero-order valence-corrected chi connectivity index (χ0v) is 20.3. The molecule has 3 aliphatic rings. The predicted molar refractivity (Wildman–Crippen MR) is 135 cm³/mol. The summed E-state index contributed by atoms with van der Waals surface area (Å²) in [4.78, 5) is 23.1. The lowest BCUT2D eigenvalue weighted by Gasteiger charge is -2.40. The predicted octanol–water partition coefficient (Wildman–Crippen LogP) is 2.79. The second-order valence-corrected chi connectivity index (χ2v) is 9.92. The number of hydrogen-bond acceptors (Lipinski definition) is 8. The Kier molecular flexibility index (Phi) is 6.20. The number of benzene rings is 1. The first-order valence-corrected chi connectivity index (χ1v) is 12.6. The first kappa shape index (κ1) is 23.1. The summed E-state index contributed by atoms with van der Waals surface area (Å²) in [5.74, 6) is 1.63. The summed E-state index contributed by atoms with van der Waals surface area (Å²) in [6.45, 7) is 1.29. The van der Waals surface area contributed by atoms with Gasteiger partial charge in [-0.05, 0) is 55.5 Å². The Morgan fingerprint density at radius 2 is 2.08 bits per heavy atom. The van der Waals surface area contributed by atoms with E-state index in [1.54, 1.807) is 13.3 Å². The number of carbonyl (C=O) groups is 1. The highest BCUT2D eigenvalue weighted by atomic mass is 16.5. The normalized spacial score (nSPS) is 24.2. The molecule has 6 rings (SSSR count). The standard InChI is InChI=1S/C27H31N5O4/c1-35-20-11-22-21(3-2-4-23(22)29-13-20)24(33)14-32-18-6-7-19(32)10-17(9-18)28-12-16-5-8-25-27(30-16)31-26(34)15-36-25/h2-5,8,11,13,17-19,24,28,33H,6-7,9-10,12,14-15H2,1H3,(H,30,31,34). The third-order valence-corrected chi connectivity index (χ3v) is 7.70. The number of pyridine rings is 2. The Morgan fingerprint density at radius 3 is 2.89 bits per heavy atom. The van der Waals surface area contributed by atoms with Crippen LogP contribution in [0.3, 0.4) is 0 Å². The highest BCUT2D eigenvalue weighted by Gasteiger charge is 2.41. The van der Waals surface area contributed by atoms with Gasteiger partial charge in [0.15, 0.2) is 18.2 Å². The van der Waals surface area contributed by atoms with Gasteiger partial charge in [0, 0.05) is 36.6 Å². The summed E-state index contributed by atoms with van der Waals surface area (Å²) in [7, 11) is 1.63. The molecule has 188 valence electrons. The molecular formula is C27H31N5O4. The molecule has 0 radical (unpaired) electrons. The van der Waals surface area contributed by atoms with Crippen LogP contribution in [0.15, 0.2) is 42.6 Å². The highest BCUT2D eigenvalue weighted by Crippen LogP contribution is 2.38. The van der Waals surface area contributed by atoms with Crippen molar-refractivity contribution in [2.24, 2.45) is 0 Å². The van der Waals surface area contributed by atoms with Crippen LogP contribution < -0.4 is 20.1 Å². The summed E-state index contributed by atoms with van der Waals surface area (Å²) in [6, 6.07) is 13.0. The van der Waals surface area contributed by atoms with E-state index in [9.17, 15) is 9.90 Å². The second kappa shape index (κ2) is 9.65. The minimum atomic E-state index is -0.590. The molecule has 3 aliphatic heterocycles. The number of anilines is 1. The van der Waals surface area contributed by atoms with Crippen molar-refractivity contribution in [3.05, 3.63) is 53.9 Å². The molecule has 0 saturated carbocycles. The molecule has 3 unspecified atom stereocenters. The van der Waals surface area contributed by atoms with E-state index in [-0.39, 0.29) is 12.5 Å². The molecule has 3 aromatic rings. The molecule has 2 saturated heterocycles. The van der Waals surface area contributed by atoms with Gasteiger partial charge in [-0.2, -0.15) is 0 Å². The SMILES string of the molecule is COc1cnc2cccc(C(O)CN3C4CCC3CC(NCc3ccc5c(n3)NC(=O)CO5)C4)c2c1. The molecule has 0 aliphatic carbocycles. The molecule has 5 heterocycles. The lowest BCUT2D eigenvalue weighted by molar-refractivity contribution is -0.118. The largest absolute Gasteiger partial charge is 0.495 e. The van der Waals surface area contributed by atoms with Crippen LogP contribution in [-0.4, -0.2) is 64.3 Å². The molecule has 1 aromatic carbocycles. The number of rotatable bonds is 7. The van der Waals surface area contributed by atoms with Gasteiger partial charge in [0.2, 0.25) is 0 Å². The number of hydrogen-bond donors (Lipinski definition) is 3. The van der Waals surface area contributed by atoms with Crippen LogP contribution in [-0.2, 0) is 11.3 Å². The Labute approximate surface area is 209 Å². The number of nitrogens with one attached hydrogen (secondary N) is 2. The van der Waals surface area contributed by atoms with Crippen LogP contribution in [0.1, 0.15) is 43.0 Å². The third-order valence-electron chi connectivity index (χ3n) is 7.70. The van der Waals surface area contributed by atoms with Gasteiger partial charge < -0.3 is 25.2 Å². The Hall–Kier alpha value is -3.27. The smallest absolute Gasteiger partial charge is 0.263 e. The molecule has 9 nitrogen and oxygen atoms in total. The third kappa shape index (κ3) is 4.50. The van der Waals surface area contributed by atoms with E-state index in [0.29, 0.717) is 48.5 Å². The van der Waals surface area contributed by atoms with Crippen molar-refractivity contribution in [1.29, 1.82) is 0 Å². The van der Waals surface area contributed by atoms with Gasteiger partial charge in [-0.3, -0.25) is 14.7 Å². The zero-order chi connectivity index (χ0) is 24.6. The van der Waals surface area contributed by atoms with E-state index >= 15 is 0 Å². The van der Waals surface area contributed by atoms with E-state index in [4.69, 9.17) is 9.47 Å². The van der Waals surface area contributed by atoms with Gasteiger partial charge in [0.25, 0.3) is 5.91 Å². The number of amides is 1. The fraction of sp³-hybridized carbons (Fsp3) is 0.444. The number of aromatic nitrogens is 2. The monoisotopic (exact) mass is 489 g/mol. The maximum absolute atomic E-state index is 11.6. The fourth-order valence-electron chi connectivity index (χ4n) is 5.94. The average molecular weight is 490 g/mol. The van der Waals surface area contributed by atoms with Crippen molar-refractivity contribution >= 4 is 22.6 Å². The number of aliphatic hydroxyl groups is 1. The first-order valence-electron chi connectivity index (χ1n) is 12.6. The number of ether oxygens (including phenoxy) is 2.